The fourth-order valence-corrected chi connectivity index (χ4v) is 4.14. The smallest absolute Gasteiger partial charge is 0.355 e. The predicted octanol–water partition coefficient (Wildman–Crippen LogP) is 0.736. The van der Waals surface area contributed by atoms with E-state index in [-0.39, 0.29) is 43.0 Å². The molecule has 2 amide bonds. The third kappa shape index (κ3) is 3.71. The highest BCUT2D eigenvalue weighted by Crippen LogP contribution is 2.49. The molecule has 0 aromatic carbocycles. The number of carbonyl (C=O) groups is 3. The molecular weight excluding hydrogens is 298 g/mol. The zero-order chi connectivity index (χ0) is 16.4. The van der Waals surface area contributed by atoms with Crippen LogP contribution >= 0.6 is 0 Å². The van der Waals surface area contributed by atoms with Gasteiger partial charge in [0.05, 0.1) is 0 Å². The van der Waals surface area contributed by atoms with Crippen LogP contribution in [0.1, 0.15) is 45.4 Å². The summed E-state index contributed by atoms with van der Waals surface area (Å²) in [5.74, 6) is 0.965. The summed E-state index contributed by atoms with van der Waals surface area (Å²) < 4.78 is 4.97. The van der Waals surface area contributed by atoms with Gasteiger partial charge in [0.25, 0.3) is 5.91 Å². The minimum Gasteiger partial charge on any atom is -0.451 e. The summed E-state index contributed by atoms with van der Waals surface area (Å²) in [7, 11) is 0. The topological polar surface area (TPSA) is 96.9 Å². The van der Waals surface area contributed by atoms with Crippen LogP contribution in [-0.4, -0.2) is 36.1 Å². The summed E-state index contributed by atoms with van der Waals surface area (Å²) >= 11 is 0. The van der Waals surface area contributed by atoms with Gasteiger partial charge in [-0.2, -0.15) is 5.10 Å². The lowest BCUT2D eigenvalue weighted by molar-refractivity contribution is -0.142. The number of rotatable bonds is 5. The summed E-state index contributed by atoms with van der Waals surface area (Å²) in [6.07, 6.45) is 5.55. The highest BCUT2D eigenvalue weighted by Gasteiger charge is 2.42. The molecule has 4 atom stereocenters. The third-order valence-corrected chi connectivity index (χ3v) is 5.30. The molecule has 2 N–H and O–H groups in total. The van der Waals surface area contributed by atoms with Crippen LogP contribution in [-0.2, 0) is 19.1 Å². The maximum Gasteiger partial charge on any atom is 0.355 e. The molecule has 7 nitrogen and oxygen atoms in total. The summed E-state index contributed by atoms with van der Waals surface area (Å²) in [6.45, 7) is 1.72. The van der Waals surface area contributed by atoms with E-state index < -0.39 is 5.97 Å². The molecule has 7 heteroatoms. The van der Waals surface area contributed by atoms with Crippen molar-refractivity contribution >= 4 is 23.5 Å². The number of nitrogens with one attached hydrogen (secondary N) is 2. The minimum atomic E-state index is -0.646. The first-order valence-electron chi connectivity index (χ1n) is 8.35. The van der Waals surface area contributed by atoms with Crippen molar-refractivity contribution in [3.8, 4) is 0 Å². The van der Waals surface area contributed by atoms with Crippen LogP contribution in [0.15, 0.2) is 5.10 Å². The average Bonchev–Trinajstić information content (AvgIpc) is 3.16. The molecule has 23 heavy (non-hydrogen) atoms. The highest BCUT2D eigenvalue weighted by molar-refractivity contribution is 6.37. The molecule has 0 unspecified atom stereocenters. The number of fused-ring (bicyclic) bond motifs is 2. The minimum absolute atomic E-state index is 0.114. The van der Waals surface area contributed by atoms with Gasteiger partial charge in [0.1, 0.15) is 5.71 Å². The lowest BCUT2D eigenvalue weighted by Gasteiger charge is -2.28. The number of hydrogen-bond donors (Lipinski definition) is 2. The van der Waals surface area contributed by atoms with E-state index in [0.29, 0.717) is 5.92 Å². The van der Waals surface area contributed by atoms with Gasteiger partial charge in [0.2, 0.25) is 5.91 Å². The van der Waals surface area contributed by atoms with Crippen molar-refractivity contribution in [2.75, 3.05) is 6.61 Å². The first-order valence-corrected chi connectivity index (χ1v) is 8.35. The Morgan fingerprint density at radius 1 is 1.35 bits per heavy atom. The molecule has 0 aromatic rings. The fourth-order valence-electron chi connectivity index (χ4n) is 4.14. The Morgan fingerprint density at radius 3 is 2.78 bits per heavy atom. The first-order chi connectivity index (χ1) is 11.0. The van der Waals surface area contributed by atoms with E-state index in [1.807, 2.05) is 6.92 Å². The Labute approximate surface area is 135 Å². The lowest BCUT2D eigenvalue weighted by atomic mass is 9.84. The van der Waals surface area contributed by atoms with Gasteiger partial charge in [-0.25, -0.2) is 10.2 Å². The SMILES string of the molecule is C[C@@H](NC(=O)COC(=O)C1=NNC(=O)CC1)[C@H]1C[C@H]2CC[C@H]1C2. The van der Waals surface area contributed by atoms with Gasteiger partial charge in [-0.15, -0.1) is 0 Å². The van der Waals surface area contributed by atoms with Gasteiger partial charge < -0.3 is 10.1 Å². The Balaban J connectivity index is 1.41. The second-order valence-corrected chi connectivity index (χ2v) is 6.86. The van der Waals surface area contributed by atoms with Crippen LogP contribution in [0.4, 0.5) is 0 Å². The third-order valence-electron chi connectivity index (χ3n) is 5.30. The molecular formula is C16H23N3O4. The van der Waals surface area contributed by atoms with Gasteiger partial charge in [0.15, 0.2) is 6.61 Å². The highest BCUT2D eigenvalue weighted by atomic mass is 16.5. The molecule has 1 heterocycles. The Bertz CT molecular complexity index is 545. The Morgan fingerprint density at radius 2 is 2.17 bits per heavy atom. The summed E-state index contributed by atoms with van der Waals surface area (Å²) in [6, 6.07) is 0.114. The number of hydrazone groups is 1. The molecule has 2 fully saturated rings. The van der Waals surface area contributed by atoms with Crippen LogP contribution in [0.25, 0.3) is 0 Å². The predicted molar refractivity (Wildman–Crippen MR) is 82.3 cm³/mol. The van der Waals surface area contributed by atoms with E-state index in [1.165, 1.54) is 25.7 Å². The monoisotopic (exact) mass is 321 g/mol. The zero-order valence-corrected chi connectivity index (χ0v) is 13.3. The van der Waals surface area contributed by atoms with Gasteiger partial charge >= 0.3 is 5.97 Å². The molecule has 0 radical (unpaired) electrons. The first kappa shape index (κ1) is 16.0. The second kappa shape index (κ2) is 6.68. The van der Waals surface area contributed by atoms with Crippen molar-refractivity contribution < 1.29 is 19.1 Å². The standard InChI is InChI=1S/C16H23N3O4/c1-9(12-7-10-2-3-11(12)6-10)17-15(21)8-23-16(22)13-4-5-14(20)19-18-13/h9-12H,2-8H2,1H3,(H,17,21)(H,19,20)/t9-,10+,11+,12-/m1/s1. The molecule has 2 aliphatic carbocycles. The summed E-state index contributed by atoms with van der Waals surface area (Å²) in [4.78, 5) is 34.7. The second-order valence-electron chi connectivity index (χ2n) is 6.86. The lowest BCUT2D eigenvalue weighted by Crippen LogP contribution is -2.42. The van der Waals surface area contributed by atoms with Crippen LogP contribution in [0, 0.1) is 17.8 Å². The number of hydrogen-bond acceptors (Lipinski definition) is 5. The van der Waals surface area contributed by atoms with Gasteiger partial charge in [-0.3, -0.25) is 9.59 Å². The van der Waals surface area contributed by atoms with Crippen molar-refractivity contribution in [3.05, 3.63) is 0 Å². The van der Waals surface area contributed by atoms with Crippen LogP contribution in [0.5, 0.6) is 0 Å². The normalized spacial score (nSPS) is 30.4. The van der Waals surface area contributed by atoms with Crippen LogP contribution in [0.2, 0.25) is 0 Å². The number of esters is 1. The van der Waals surface area contributed by atoms with E-state index in [2.05, 4.69) is 15.8 Å². The van der Waals surface area contributed by atoms with Crippen molar-refractivity contribution in [1.29, 1.82) is 0 Å². The number of carbonyl (C=O) groups excluding carboxylic acids is 3. The maximum absolute atomic E-state index is 12.0. The van der Waals surface area contributed by atoms with Gasteiger partial charge in [0, 0.05) is 18.9 Å². The Kier molecular flexibility index (Phi) is 4.63. The number of amides is 2. The number of ether oxygens (including phenoxy) is 1. The van der Waals surface area contributed by atoms with E-state index in [0.717, 1.165) is 11.8 Å². The van der Waals surface area contributed by atoms with Crippen LogP contribution in [0.3, 0.4) is 0 Å². The van der Waals surface area contributed by atoms with E-state index in [4.69, 9.17) is 4.74 Å². The van der Waals surface area contributed by atoms with E-state index >= 15 is 0 Å². The molecule has 0 spiro atoms. The molecule has 3 rings (SSSR count). The van der Waals surface area contributed by atoms with Gasteiger partial charge in [-0.05, 0) is 43.9 Å². The van der Waals surface area contributed by atoms with Crippen molar-refractivity contribution in [3.63, 3.8) is 0 Å². The van der Waals surface area contributed by atoms with Gasteiger partial charge in [-0.1, -0.05) is 6.42 Å². The van der Waals surface area contributed by atoms with Crippen LogP contribution < -0.4 is 10.7 Å². The maximum atomic E-state index is 12.0. The fraction of sp³-hybridized carbons (Fsp3) is 0.750. The number of nitrogens with zero attached hydrogens (tertiary/aromatic N) is 1. The summed E-state index contributed by atoms with van der Waals surface area (Å²) in [5.41, 5.74) is 2.38. The quantitative estimate of drug-likeness (QED) is 0.730. The van der Waals surface area contributed by atoms with Crippen molar-refractivity contribution in [1.82, 2.24) is 10.7 Å². The largest absolute Gasteiger partial charge is 0.451 e. The van der Waals surface area contributed by atoms with Crippen molar-refractivity contribution in [2.24, 2.45) is 22.9 Å². The van der Waals surface area contributed by atoms with E-state index in [9.17, 15) is 14.4 Å². The zero-order valence-electron chi connectivity index (χ0n) is 13.3. The Hall–Kier alpha value is -1.92. The molecule has 3 aliphatic rings. The molecule has 126 valence electrons. The molecule has 2 saturated carbocycles. The summed E-state index contributed by atoms with van der Waals surface area (Å²) in [5, 5.41) is 6.60. The van der Waals surface area contributed by atoms with Crippen molar-refractivity contribution in [2.45, 2.75) is 51.5 Å². The average molecular weight is 321 g/mol. The molecule has 0 saturated heterocycles. The molecule has 2 bridgehead atoms. The molecule has 1 aliphatic heterocycles. The molecule has 0 aromatic heterocycles. The van der Waals surface area contributed by atoms with E-state index in [1.54, 1.807) is 0 Å².